The molecule has 44 heavy (non-hydrogen) atoms. The van der Waals surface area contributed by atoms with Crippen LogP contribution in [0.25, 0.3) is 78.0 Å². The van der Waals surface area contributed by atoms with E-state index in [1.54, 1.807) is 16.7 Å². The van der Waals surface area contributed by atoms with Crippen molar-refractivity contribution in [2.75, 3.05) is 0 Å². The van der Waals surface area contributed by atoms with Gasteiger partial charge in [0.05, 0.1) is 30.3 Å². The summed E-state index contributed by atoms with van der Waals surface area (Å²) in [6, 6.07) is 34.8. The van der Waals surface area contributed by atoms with Gasteiger partial charge in [0.25, 0.3) is 0 Å². The zero-order valence-corrected chi connectivity index (χ0v) is 23.2. The second kappa shape index (κ2) is 9.75. The number of hydrogen-bond donors (Lipinski definition) is 0. The molecule has 0 N–H and O–H groups in total. The van der Waals surface area contributed by atoms with E-state index in [1.807, 2.05) is 95.6 Å². The van der Waals surface area contributed by atoms with Crippen LogP contribution in [0.2, 0.25) is 0 Å². The van der Waals surface area contributed by atoms with Gasteiger partial charge in [-0.15, -0.1) is 0 Å². The van der Waals surface area contributed by atoms with Gasteiger partial charge in [-0.05, 0) is 36.3 Å². The van der Waals surface area contributed by atoms with Gasteiger partial charge >= 0.3 is 0 Å². The predicted molar refractivity (Wildman–Crippen MR) is 179 cm³/mol. The third-order valence-electron chi connectivity index (χ3n) is 7.91. The lowest BCUT2D eigenvalue weighted by molar-refractivity contribution is 0.953. The summed E-state index contributed by atoms with van der Waals surface area (Å²) in [5.74, 6) is 0.945. The van der Waals surface area contributed by atoms with Crippen LogP contribution in [0.3, 0.4) is 0 Å². The van der Waals surface area contributed by atoms with Crippen molar-refractivity contribution in [3.05, 3.63) is 152 Å². The van der Waals surface area contributed by atoms with Crippen LogP contribution in [0.15, 0.2) is 152 Å². The topological polar surface area (TPSA) is 48.5 Å². The molecule has 0 amide bonds. The molecule has 9 aromatic rings. The predicted octanol–water partition coefficient (Wildman–Crippen LogP) is 9.40. The molecule has 3 heterocycles. The maximum atomic E-state index is 9.60. The molecule has 5 heteroatoms. The molecule has 0 unspecified atom stereocenters. The van der Waals surface area contributed by atoms with Gasteiger partial charge in [-0.3, -0.25) is 4.57 Å². The highest BCUT2D eigenvalue weighted by molar-refractivity contribution is 6.28. The minimum Gasteiger partial charge on any atom is -0.309 e. The summed E-state index contributed by atoms with van der Waals surface area (Å²) in [6.45, 7) is 0. The van der Waals surface area contributed by atoms with Crippen molar-refractivity contribution in [1.29, 1.82) is 0 Å². The summed E-state index contributed by atoms with van der Waals surface area (Å²) < 4.78 is 58.0. The number of nitrogens with zero attached hydrogens (tertiary/aromatic N) is 5. The molecular weight excluding hydrogens is 538 g/mol. The molecule has 0 aliphatic carbocycles. The molecule has 0 aliphatic rings. The molecule has 206 valence electrons. The van der Waals surface area contributed by atoms with Crippen molar-refractivity contribution in [3.8, 4) is 34.4 Å². The zero-order chi connectivity index (χ0) is 34.3. The number of benzene rings is 6. The van der Waals surface area contributed by atoms with E-state index < -0.39 is 0 Å². The van der Waals surface area contributed by atoms with E-state index in [9.17, 15) is 4.11 Å². The molecule has 5 nitrogen and oxygen atoms in total. The highest BCUT2D eigenvalue weighted by Crippen LogP contribution is 2.42. The Morgan fingerprint density at radius 3 is 1.45 bits per heavy atom. The Bertz CT molecular complexity index is 2760. The van der Waals surface area contributed by atoms with Gasteiger partial charge in [-0.1, -0.05) is 115 Å². The van der Waals surface area contributed by atoms with Crippen LogP contribution >= 0.6 is 0 Å². The quantitative estimate of drug-likeness (QED) is 0.212. The molecule has 0 bridgehead atoms. The van der Waals surface area contributed by atoms with Crippen LogP contribution in [-0.2, 0) is 0 Å². The van der Waals surface area contributed by atoms with Crippen molar-refractivity contribution in [2.24, 2.45) is 0 Å². The third kappa shape index (κ3) is 3.69. The SMILES string of the molecule is [2H]c1cc([2H])c2c(c1)c1c3c4cc([2H])cc([2H])c4n(-c4nc(-c5ccccc5)nc(-c5ccccc5)n4)c3c([2H])c([2H])c1n2-c1ccccc1. The summed E-state index contributed by atoms with van der Waals surface area (Å²) in [5.41, 5.74) is 3.75. The summed E-state index contributed by atoms with van der Waals surface area (Å²) >= 11 is 0. The summed E-state index contributed by atoms with van der Waals surface area (Å²) in [4.78, 5) is 14.7. The molecule has 6 aromatic carbocycles. The van der Waals surface area contributed by atoms with E-state index in [0.717, 1.165) is 11.1 Å². The van der Waals surface area contributed by atoms with Gasteiger partial charge in [-0.25, -0.2) is 4.98 Å². The Labute approximate surface area is 261 Å². The second-order valence-corrected chi connectivity index (χ2v) is 10.4. The average Bonchev–Trinajstić information content (AvgIpc) is 3.65. The van der Waals surface area contributed by atoms with E-state index in [0.29, 0.717) is 55.4 Å². The molecule has 9 rings (SSSR count). The van der Waals surface area contributed by atoms with E-state index in [4.69, 9.17) is 19.1 Å². The molecule has 0 aliphatic heterocycles. The lowest BCUT2D eigenvalue weighted by Gasteiger charge is -2.11. The number of para-hydroxylation sites is 3. The van der Waals surface area contributed by atoms with Crippen molar-refractivity contribution < 1.29 is 8.22 Å². The monoisotopic (exact) mass is 569 g/mol. The van der Waals surface area contributed by atoms with E-state index in [1.165, 1.54) is 12.1 Å². The lowest BCUT2D eigenvalue weighted by Crippen LogP contribution is -2.06. The minimum atomic E-state index is -0.129. The van der Waals surface area contributed by atoms with Crippen LogP contribution in [0.5, 0.6) is 0 Å². The first-order valence-electron chi connectivity index (χ1n) is 17.2. The fourth-order valence-corrected chi connectivity index (χ4v) is 6.01. The maximum Gasteiger partial charge on any atom is 0.238 e. The lowest BCUT2D eigenvalue weighted by atomic mass is 10.1. The number of fused-ring (bicyclic) bond motifs is 7. The van der Waals surface area contributed by atoms with Gasteiger partial charge in [0.2, 0.25) is 5.95 Å². The Balaban J connectivity index is 1.52. The molecule has 3 aromatic heterocycles. The summed E-state index contributed by atoms with van der Waals surface area (Å²) in [5, 5.41) is 2.14. The Kier molecular flexibility index (Phi) is 4.25. The van der Waals surface area contributed by atoms with Gasteiger partial charge in [0.15, 0.2) is 11.6 Å². The van der Waals surface area contributed by atoms with E-state index in [2.05, 4.69) is 0 Å². The average molecular weight is 570 g/mol. The smallest absolute Gasteiger partial charge is 0.238 e. The van der Waals surface area contributed by atoms with Crippen molar-refractivity contribution in [2.45, 2.75) is 0 Å². The van der Waals surface area contributed by atoms with Crippen LogP contribution in [0.1, 0.15) is 8.22 Å². The third-order valence-corrected chi connectivity index (χ3v) is 7.91. The fraction of sp³-hybridized carbons (Fsp3) is 0. The van der Waals surface area contributed by atoms with E-state index >= 15 is 0 Å². The van der Waals surface area contributed by atoms with Crippen molar-refractivity contribution in [1.82, 2.24) is 24.1 Å². The number of rotatable bonds is 4. The Morgan fingerprint density at radius 1 is 0.432 bits per heavy atom. The largest absolute Gasteiger partial charge is 0.309 e. The Hall–Kier alpha value is -6.07. The standard InChI is InChI=1S/C39H25N5/c1-4-14-26(15-5-1)37-40-38(27-16-6-2-7-17-27)42-39(41-37)44-32-23-13-11-21-30(32)36-34(44)25-24-33-35(36)29-20-10-12-22-31(29)43(33)28-18-8-3-9-19-28/h1-25H/i10D,11D,22D,23D,24D,25D. The van der Waals surface area contributed by atoms with E-state index in [-0.39, 0.29) is 47.7 Å². The summed E-state index contributed by atoms with van der Waals surface area (Å²) in [6.07, 6.45) is 0. The van der Waals surface area contributed by atoms with Gasteiger partial charge in [-0.2, -0.15) is 9.97 Å². The summed E-state index contributed by atoms with van der Waals surface area (Å²) in [7, 11) is 0. The molecule has 0 fully saturated rings. The van der Waals surface area contributed by atoms with Gasteiger partial charge in [0.1, 0.15) is 0 Å². The number of aromatic nitrogens is 5. The van der Waals surface area contributed by atoms with Crippen molar-refractivity contribution >= 4 is 43.6 Å². The second-order valence-electron chi connectivity index (χ2n) is 10.4. The van der Waals surface area contributed by atoms with Gasteiger partial charge in [0, 0.05) is 38.4 Å². The highest BCUT2D eigenvalue weighted by Gasteiger charge is 2.22. The normalized spacial score (nSPS) is 13.5. The molecular formula is C39H25N5. The molecule has 0 atom stereocenters. The first-order valence-corrected chi connectivity index (χ1v) is 14.2. The fourth-order valence-electron chi connectivity index (χ4n) is 6.01. The highest BCUT2D eigenvalue weighted by atomic mass is 15.2. The molecule has 0 spiro atoms. The zero-order valence-electron chi connectivity index (χ0n) is 29.2. The van der Waals surface area contributed by atoms with Crippen LogP contribution in [0, 0.1) is 0 Å². The molecule has 0 radical (unpaired) electrons. The van der Waals surface area contributed by atoms with Crippen molar-refractivity contribution in [3.63, 3.8) is 0 Å². The van der Waals surface area contributed by atoms with Crippen LogP contribution in [0.4, 0.5) is 0 Å². The minimum absolute atomic E-state index is 0.0277. The molecule has 0 saturated carbocycles. The number of hydrogen-bond acceptors (Lipinski definition) is 3. The van der Waals surface area contributed by atoms with Crippen LogP contribution < -0.4 is 0 Å². The first kappa shape index (κ1) is 19.2. The molecule has 0 saturated heterocycles. The van der Waals surface area contributed by atoms with Crippen LogP contribution in [-0.4, -0.2) is 24.1 Å². The Morgan fingerprint density at radius 2 is 0.909 bits per heavy atom. The van der Waals surface area contributed by atoms with Gasteiger partial charge < -0.3 is 4.57 Å². The first-order chi connectivity index (χ1) is 24.3. The maximum absolute atomic E-state index is 9.60.